The maximum Gasteiger partial charge on any atom is 0.244 e. The molecule has 0 radical (unpaired) electrons. The monoisotopic (exact) mass is 477 g/mol. The van der Waals surface area contributed by atoms with Gasteiger partial charge in [-0.1, -0.05) is 43.3 Å². The lowest BCUT2D eigenvalue weighted by molar-refractivity contribution is -0.141. The molecule has 0 spiro atoms. The summed E-state index contributed by atoms with van der Waals surface area (Å²) in [7, 11) is -3.90. The summed E-state index contributed by atoms with van der Waals surface area (Å²) >= 11 is 0. The second-order valence-corrected chi connectivity index (χ2v) is 10.8. The molecule has 7 nitrogen and oxygen atoms in total. The molecule has 0 aliphatic carbocycles. The van der Waals surface area contributed by atoms with Crippen LogP contribution in [0.15, 0.2) is 54.6 Å². The Morgan fingerprint density at radius 2 is 1.70 bits per heavy atom. The summed E-state index contributed by atoms with van der Waals surface area (Å²) in [6.45, 7) is 6.88. The summed E-state index contributed by atoms with van der Waals surface area (Å²) in [5, 5.41) is 2.90. The van der Waals surface area contributed by atoms with Gasteiger partial charge in [-0.25, -0.2) is 12.8 Å². The van der Waals surface area contributed by atoms with Crippen LogP contribution in [0.3, 0.4) is 0 Å². The Morgan fingerprint density at radius 3 is 2.21 bits per heavy atom. The molecule has 0 unspecified atom stereocenters. The summed E-state index contributed by atoms with van der Waals surface area (Å²) in [4.78, 5) is 27.9. The summed E-state index contributed by atoms with van der Waals surface area (Å²) < 4.78 is 39.6. The normalized spacial score (nSPS) is 12.7. The second kappa shape index (κ2) is 10.8. The first-order valence-electron chi connectivity index (χ1n) is 10.7. The highest BCUT2D eigenvalue weighted by molar-refractivity contribution is 7.92. The molecule has 1 N–H and O–H groups in total. The fourth-order valence-electron chi connectivity index (χ4n) is 3.40. The van der Waals surface area contributed by atoms with Gasteiger partial charge in [-0.3, -0.25) is 13.9 Å². The number of sulfonamides is 1. The van der Waals surface area contributed by atoms with Crippen LogP contribution in [0.4, 0.5) is 10.1 Å². The van der Waals surface area contributed by atoms with E-state index < -0.39 is 39.9 Å². The molecule has 33 heavy (non-hydrogen) atoms. The van der Waals surface area contributed by atoms with Gasteiger partial charge in [0.25, 0.3) is 0 Å². The number of anilines is 1. The average Bonchev–Trinajstić information content (AvgIpc) is 2.70. The van der Waals surface area contributed by atoms with Crippen LogP contribution in [0, 0.1) is 5.82 Å². The van der Waals surface area contributed by atoms with Crippen LogP contribution >= 0.6 is 0 Å². The van der Waals surface area contributed by atoms with Crippen molar-refractivity contribution in [3.8, 4) is 0 Å². The fraction of sp³-hybridized carbons (Fsp3) is 0.417. The number of amides is 2. The van der Waals surface area contributed by atoms with Gasteiger partial charge in [0.1, 0.15) is 18.4 Å². The van der Waals surface area contributed by atoms with E-state index in [0.29, 0.717) is 6.42 Å². The van der Waals surface area contributed by atoms with Crippen molar-refractivity contribution < 1.29 is 22.4 Å². The molecule has 0 bridgehead atoms. The third-order valence-corrected chi connectivity index (χ3v) is 6.00. The zero-order chi connectivity index (χ0) is 24.8. The van der Waals surface area contributed by atoms with E-state index in [9.17, 15) is 22.4 Å². The molecular weight excluding hydrogens is 445 g/mol. The van der Waals surface area contributed by atoms with Crippen LogP contribution in [-0.2, 0) is 26.2 Å². The lowest BCUT2D eigenvalue weighted by Crippen LogP contribution is -2.55. The number of benzene rings is 2. The van der Waals surface area contributed by atoms with Crippen molar-refractivity contribution >= 4 is 27.5 Å². The molecule has 2 amide bonds. The fourth-order valence-corrected chi connectivity index (χ4v) is 4.24. The Balaban J connectivity index is 2.43. The van der Waals surface area contributed by atoms with Crippen LogP contribution < -0.4 is 9.62 Å². The number of hydrogen-bond acceptors (Lipinski definition) is 4. The minimum absolute atomic E-state index is 0.0395. The molecule has 0 aromatic heterocycles. The topological polar surface area (TPSA) is 86.8 Å². The quantitative estimate of drug-likeness (QED) is 0.600. The molecule has 2 aromatic carbocycles. The van der Waals surface area contributed by atoms with Crippen LogP contribution in [-0.4, -0.2) is 49.5 Å². The SMILES string of the molecule is CC[C@H](C(=O)NC(C)(C)C)N(Cc1ccccc1)C(=O)CN(c1cccc(F)c1)S(C)(=O)=O. The van der Waals surface area contributed by atoms with Crippen molar-refractivity contribution in [2.45, 2.75) is 52.2 Å². The molecular formula is C24H32FN3O4S. The first kappa shape index (κ1) is 26.3. The summed E-state index contributed by atoms with van der Waals surface area (Å²) in [6.07, 6.45) is 1.29. The zero-order valence-corrected chi connectivity index (χ0v) is 20.5. The molecule has 2 aromatic rings. The van der Waals surface area contributed by atoms with E-state index in [0.717, 1.165) is 22.2 Å². The number of rotatable bonds is 9. The van der Waals surface area contributed by atoms with Gasteiger partial charge in [-0.2, -0.15) is 0 Å². The molecule has 0 heterocycles. The van der Waals surface area contributed by atoms with E-state index in [1.807, 2.05) is 51.1 Å². The van der Waals surface area contributed by atoms with Gasteiger partial charge in [0.15, 0.2) is 0 Å². The van der Waals surface area contributed by atoms with E-state index in [1.54, 1.807) is 6.92 Å². The molecule has 9 heteroatoms. The van der Waals surface area contributed by atoms with Crippen molar-refractivity contribution in [2.24, 2.45) is 0 Å². The molecule has 0 aliphatic rings. The Kier molecular flexibility index (Phi) is 8.60. The first-order chi connectivity index (χ1) is 15.3. The summed E-state index contributed by atoms with van der Waals surface area (Å²) in [5.41, 5.74) is 0.328. The summed E-state index contributed by atoms with van der Waals surface area (Å²) in [6, 6.07) is 13.4. The Bertz CT molecular complexity index is 1070. The molecule has 0 saturated carbocycles. The Hall–Kier alpha value is -2.94. The number of nitrogens with zero attached hydrogens (tertiary/aromatic N) is 2. The van der Waals surface area contributed by atoms with Crippen LogP contribution in [0.1, 0.15) is 39.7 Å². The van der Waals surface area contributed by atoms with E-state index in [-0.39, 0.29) is 18.1 Å². The third-order valence-electron chi connectivity index (χ3n) is 4.86. The standard InChI is InChI=1S/C24H32FN3O4S/c1-6-21(23(30)26-24(2,3)4)27(16-18-11-8-7-9-12-18)22(29)17-28(33(5,31)32)20-14-10-13-19(25)15-20/h7-15,21H,6,16-17H2,1-5H3,(H,26,30)/t21-/m1/s1. The minimum atomic E-state index is -3.90. The van der Waals surface area contributed by atoms with E-state index >= 15 is 0 Å². The lowest BCUT2D eigenvalue weighted by atomic mass is 10.1. The molecule has 2 rings (SSSR count). The summed E-state index contributed by atoms with van der Waals surface area (Å²) in [5.74, 6) is -1.51. The zero-order valence-electron chi connectivity index (χ0n) is 19.7. The van der Waals surface area contributed by atoms with Crippen LogP contribution in [0.2, 0.25) is 0 Å². The van der Waals surface area contributed by atoms with Crippen LogP contribution in [0.5, 0.6) is 0 Å². The van der Waals surface area contributed by atoms with E-state index in [4.69, 9.17) is 0 Å². The molecule has 0 aliphatic heterocycles. The van der Waals surface area contributed by atoms with Crippen LogP contribution in [0.25, 0.3) is 0 Å². The van der Waals surface area contributed by atoms with E-state index in [2.05, 4.69) is 5.32 Å². The molecule has 0 fully saturated rings. The highest BCUT2D eigenvalue weighted by atomic mass is 32.2. The van der Waals surface area contributed by atoms with Crippen molar-refractivity contribution in [2.75, 3.05) is 17.1 Å². The minimum Gasteiger partial charge on any atom is -0.350 e. The number of carbonyl (C=O) groups is 2. The predicted octanol–water partition coefficient (Wildman–Crippen LogP) is 3.31. The average molecular weight is 478 g/mol. The van der Waals surface area contributed by atoms with Gasteiger partial charge in [0.2, 0.25) is 21.8 Å². The number of nitrogens with one attached hydrogen (secondary N) is 1. The number of hydrogen-bond donors (Lipinski definition) is 1. The maximum atomic E-state index is 13.8. The van der Waals surface area contributed by atoms with Gasteiger partial charge in [0, 0.05) is 12.1 Å². The van der Waals surface area contributed by atoms with Gasteiger partial charge >= 0.3 is 0 Å². The Morgan fingerprint density at radius 1 is 1.06 bits per heavy atom. The van der Waals surface area contributed by atoms with E-state index in [1.165, 1.54) is 23.1 Å². The van der Waals surface area contributed by atoms with Crippen molar-refractivity contribution in [1.82, 2.24) is 10.2 Å². The number of halogens is 1. The smallest absolute Gasteiger partial charge is 0.244 e. The molecule has 0 saturated heterocycles. The second-order valence-electron chi connectivity index (χ2n) is 8.92. The third kappa shape index (κ3) is 7.85. The highest BCUT2D eigenvalue weighted by Crippen LogP contribution is 2.20. The van der Waals surface area contributed by atoms with Crippen molar-refractivity contribution in [1.29, 1.82) is 0 Å². The van der Waals surface area contributed by atoms with Gasteiger partial charge in [-0.15, -0.1) is 0 Å². The maximum absolute atomic E-state index is 13.8. The van der Waals surface area contributed by atoms with Crippen molar-refractivity contribution in [3.05, 3.63) is 66.0 Å². The van der Waals surface area contributed by atoms with Gasteiger partial charge in [-0.05, 0) is 51.0 Å². The largest absolute Gasteiger partial charge is 0.350 e. The first-order valence-corrected chi connectivity index (χ1v) is 12.6. The molecule has 180 valence electrons. The van der Waals surface area contributed by atoms with Gasteiger partial charge in [0.05, 0.1) is 11.9 Å². The predicted molar refractivity (Wildman–Crippen MR) is 128 cm³/mol. The molecule has 1 atom stereocenters. The van der Waals surface area contributed by atoms with Crippen molar-refractivity contribution in [3.63, 3.8) is 0 Å². The Labute approximate surface area is 195 Å². The highest BCUT2D eigenvalue weighted by Gasteiger charge is 2.33. The van der Waals surface area contributed by atoms with Gasteiger partial charge < -0.3 is 10.2 Å². The lowest BCUT2D eigenvalue weighted by Gasteiger charge is -2.34. The number of carbonyl (C=O) groups excluding carboxylic acids is 2.